The van der Waals surface area contributed by atoms with Crippen molar-refractivity contribution < 1.29 is 33.2 Å². The molecule has 0 bridgehead atoms. The first kappa shape index (κ1) is 25.6. The molecule has 5 atom stereocenters. The van der Waals surface area contributed by atoms with E-state index in [0.29, 0.717) is 15.7 Å². The Morgan fingerprint density at radius 1 is 1.28 bits per heavy atom. The van der Waals surface area contributed by atoms with Crippen LogP contribution in [0.3, 0.4) is 0 Å². The van der Waals surface area contributed by atoms with E-state index in [1.165, 1.54) is 28.4 Å². The van der Waals surface area contributed by atoms with Gasteiger partial charge in [0.1, 0.15) is 5.37 Å². The second kappa shape index (κ2) is 11.4. The van der Waals surface area contributed by atoms with E-state index in [2.05, 4.69) is 0 Å². The summed E-state index contributed by atoms with van der Waals surface area (Å²) in [6.07, 6.45) is 3.11. The Morgan fingerprint density at radius 3 is 2.53 bits per heavy atom. The summed E-state index contributed by atoms with van der Waals surface area (Å²) in [6, 6.07) is 0. The third-order valence-corrected chi connectivity index (χ3v) is 10.3. The first-order chi connectivity index (χ1) is 15.3. The van der Waals surface area contributed by atoms with Gasteiger partial charge in [0, 0.05) is 27.6 Å². The van der Waals surface area contributed by atoms with Crippen molar-refractivity contribution in [2.24, 2.45) is 11.8 Å². The van der Waals surface area contributed by atoms with Crippen LogP contribution in [0.2, 0.25) is 0 Å². The zero-order chi connectivity index (χ0) is 23.4. The van der Waals surface area contributed by atoms with Crippen LogP contribution in [0, 0.1) is 11.8 Å². The van der Waals surface area contributed by atoms with Gasteiger partial charge in [0.25, 0.3) is 0 Å². The minimum Gasteiger partial charge on any atom is -0.428 e. The zero-order valence-electron chi connectivity index (χ0n) is 18.6. The number of esters is 2. The maximum atomic E-state index is 12.9. The Morgan fingerprint density at radius 2 is 1.97 bits per heavy atom. The summed E-state index contributed by atoms with van der Waals surface area (Å²) >= 11 is 2.80. The molecule has 8 nitrogen and oxygen atoms in total. The minimum absolute atomic E-state index is 0.0987. The van der Waals surface area contributed by atoms with E-state index >= 15 is 0 Å². The van der Waals surface area contributed by atoms with Crippen molar-refractivity contribution in [2.75, 3.05) is 18.3 Å². The Labute approximate surface area is 199 Å². The van der Waals surface area contributed by atoms with Gasteiger partial charge in [0.15, 0.2) is 5.70 Å². The summed E-state index contributed by atoms with van der Waals surface area (Å²) in [5, 5.41) is 9.70. The number of carbonyl (C=O) groups excluding carboxylic acids is 3. The molecule has 11 heteroatoms. The topological polar surface area (TPSA) is 110 Å². The van der Waals surface area contributed by atoms with Crippen molar-refractivity contribution in [3.63, 3.8) is 0 Å². The van der Waals surface area contributed by atoms with Gasteiger partial charge in [-0.15, -0.1) is 11.8 Å². The first-order valence-corrected chi connectivity index (χ1v) is 14.3. The highest BCUT2D eigenvalue weighted by atomic mass is 32.2. The van der Waals surface area contributed by atoms with Crippen LogP contribution in [0.4, 0.5) is 0 Å². The lowest BCUT2D eigenvalue weighted by molar-refractivity contribution is -0.172. The Kier molecular flexibility index (Phi) is 9.11. The van der Waals surface area contributed by atoms with Gasteiger partial charge in [0.2, 0.25) is 12.7 Å². The maximum Gasteiger partial charge on any atom is 0.359 e. The van der Waals surface area contributed by atoms with Crippen LogP contribution in [-0.2, 0) is 34.7 Å². The number of carbonyl (C=O) groups is 3. The molecule has 3 aliphatic heterocycles. The lowest BCUT2D eigenvalue weighted by Crippen LogP contribution is -2.60. The van der Waals surface area contributed by atoms with Gasteiger partial charge in [0.05, 0.1) is 22.2 Å². The van der Waals surface area contributed by atoms with Gasteiger partial charge in [-0.2, -0.15) is 0 Å². The van der Waals surface area contributed by atoms with Crippen molar-refractivity contribution in [2.45, 2.75) is 69.6 Å². The molecule has 0 spiro atoms. The molecule has 2 fully saturated rings. The zero-order valence-corrected chi connectivity index (χ0v) is 21.1. The van der Waals surface area contributed by atoms with E-state index in [0.717, 1.165) is 32.1 Å². The van der Waals surface area contributed by atoms with Crippen LogP contribution in [0.15, 0.2) is 9.93 Å². The molecule has 3 aliphatic rings. The monoisotopic (exact) mass is 505 g/mol. The molecule has 0 unspecified atom stereocenters. The highest BCUT2D eigenvalue weighted by molar-refractivity contribution is 8.23. The van der Waals surface area contributed by atoms with E-state index in [1.54, 1.807) is 6.92 Å². The number of β-lactam (4-membered cyclic amide) rings is 1. The Balaban J connectivity index is 1.66. The standard InChI is InChI=1S/C21H31NO7S3/c1-4-6-13(7-5-2)19(25)28-11-29-20(26)16-21(30-14-8-9-32(27)10-14)31-18-15(12(3)23)17(24)22(16)18/h12-15,18,23H,4-11H2,1-3H3/t12-,14+,15+,18-,32-/m1/s1. The molecular weight excluding hydrogens is 474 g/mol. The Hall–Kier alpha value is -1.04. The van der Waals surface area contributed by atoms with Gasteiger partial charge in [-0.3, -0.25) is 18.7 Å². The number of nitrogens with zero attached hydrogens (tertiary/aromatic N) is 1. The normalized spacial score (nSPS) is 28.0. The highest BCUT2D eigenvalue weighted by Crippen LogP contribution is 2.55. The predicted octanol–water partition coefficient (Wildman–Crippen LogP) is 2.58. The highest BCUT2D eigenvalue weighted by Gasteiger charge is 2.58. The summed E-state index contributed by atoms with van der Waals surface area (Å²) in [4.78, 5) is 39.2. The van der Waals surface area contributed by atoms with Crippen molar-refractivity contribution in [3.8, 4) is 0 Å². The summed E-state index contributed by atoms with van der Waals surface area (Å²) < 4.78 is 22.8. The summed E-state index contributed by atoms with van der Waals surface area (Å²) in [7, 11) is -0.863. The summed E-state index contributed by atoms with van der Waals surface area (Å²) in [6.45, 7) is 5.06. The number of aliphatic hydroxyl groups excluding tert-OH is 1. The molecule has 32 heavy (non-hydrogen) atoms. The third-order valence-electron chi connectivity index (χ3n) is 5.77. The molecule has 0 aromatic carbocycles. The number of hydrogen-bond donors (Lipinski definition) is 1. The molecular formula is C21H31NO7S3. The molecule has 0 aromatic heterocycles. The molecule has 0 saturated carbocycles. The van der Waals surface area contributed by atoms with E-state index in [4.69, 9.17) is 9.47 Å². The quantitative estimate of drug-likeness (QED) is 0.257. The summed E-state index contributed by atoms with van der Waals surface area (Å²) in [5.74, 6) is -1.06. The lowest BCUT2D eigenvalue weighted by atomic mass is 9.92. The van der Waals surface area contributed by atoms with Crippen LogP contribution in [0.1, 0.15) is 52.9 Å². The SMILES string of the molecule is CCCC(CCC)C(=O)OCOC(=O)C1=C(S[C@H]2CC[S@@](=O)C2)S[C@@H]2[C@@H]([C@@H](C)O)C(=O)N12. The van der Waals surface area contributed by atoms with Crippen LogP contribution >= 0.6 is 23.5 Å². The smallest absolute Gasteiger partial charge is 0.359 e. The van der Waals surface area contributed by atoms with E-state index in [-0.39, 0.29) is 34.1 Å². The molecule has 0 radical (unpaired) electrons. The van der Waals surface area contributed by atoms with Gasteiger partial charge in [-0.1, -0.05) is 38.5 Å². The summed E-state index contributed by atoms with van der Waals surface area (Å²) in [5.41, 5.74) is 0.138. The number of amides is 1. The second-order valence-electron chi connectivity index (χ2n) is 8.25. The van der Waals surface area contributed by atoms with Gasteiger partial charge in [-0.05, 0) is 26.2 Å². The van der Waals surface area contributed by atoms with Crippen LogP contribution in [0.5, 0.6) is 0 Å². The molecule has 2 saturated heterocycles. The van der Waals surface area contributed by atoms with Crippen molar-refractivity contribution in [1.29, 1.82) is 0 Å². The maximum absolute atomic E-state index is 12.9. The molecule has 0 aromatic rings. The van der Waals surface area contributed by atoms with Crippen molar-refractivity contribution in [3.05, 3.63) is 9.93 Å². The molecule has 1 N–H and O–H groups in total. The third kappa shape index (κ3) is 5.53. The number of ether oxygens (including phenoxy) is 2. The number of fused-ring (bicyclic) bond motifs is 1. The predicted molar refractivity (Wildman–Crippen MR) is 125 cm³/mol. The average Bonchev–Trinajstić information content (AvgIpc) is 3.28. The largest absolute Gasteiger partial charge is 0.428 e. The molecule has 3 rings (SSSR count). The number of thioether (sulfide) groups is 2. The number of hydrogen-bond acceptors (Lipinski definition) is 9. The fourth-order valence-corrected chi connectivity index (χ4v) is 9.36. The van der Waals surface area contributed by atoms with Gasteiger partial charge < -0.3 is 14.6 Å². The van der Waals surface area contributed by atoms with E-state index < -0.39 is 35.6 Å². The van der Waals surface area contributed by atoms with E-state index in [9.17, 15) is 23.7 Å². The van der Waals surface area contributed by atoms with Gasteiger partial charge in [-0.25, -0.2) is 4.79 Å². The first-order valence-electron chi connectivity index (χ1n) is 11.1. The fraction of sp³-hybridized carbons (Fsp3) is 0.762. The molecule has 3 heterocycles. The Bertz CT molecular complexity index is 794. The minimum atomic E-state index is -0.863. The molecule has 0 aliphatic carbocycles. The van der Waals surface area contributed by atoms with Crippen LogP contribution in [0.25, 0.3) is 0 Å². The fourth-order valence-electron chi connectivity index (χ4n) is 4.11. The van der Waals surface area contributed by atoms with Crippen molar-refractivity contribution in [1.82, 2.24) is 4.90 Å². The lowest BCUT2D eigenvalue weighted by Gasteiger charge is -2.43. The second-order valence-corrected chi connectivity index (χ2v) is 12.6. The molecule has 180 valence electrons. The van der Waals surface area contributed by atoms with Crippen molar-refractivity contribution >= 4 is 52.2 Å². The van der Waals surface area contributed by atoms with Crippen LogP contribution in [-0.4, -0.2) is 67.1 Å². The number of aliphatic hydroxyl groups is 1. The number of rotatable bonds is 11. The van der Waals surface area contributed by atoms with Gasteiger partial charge >= 0.3 is 11.9 Å². The molecule has 1 amide bonds. The van der Waals surface area contributed by atoms with E-state index in [1.807, 2.05) is 13.8 Å². The average molecular weight is 506 g/mol. The van der Waals surface area contributed by atoms with Crippen LogP contribution < -0.4 is 0 Å².